The Labute approximate surface area is 151 Å². The second-order valence-corrected chi connectivity index (χ2v) is 6.12. The molecule has 0 bridgehead atoms. The molecule has 0 aliphatic heterocycles. The number of carbonyl (C=O) groups excluding carboxylic acids is 1. The summed E-state index contributed by atoms with van der Waals surface area (Å²) < 4.78 is 18.7. The van der Waals surface area contributed by atoms with Gasteiger partial charge in [0.2, 0.25) is 0 Å². The van der Waals surface area contributed by atoms with E-state index in [-0.39, 0.29) is 10.8 Å². The summed E-state index contributed by atoms with van der Waals surface area (Å²) in [5.74, 6) is -0.556. The maximum atomic E-state index is 13.2. The van der Waals surface area contributed by atoms with E-state index in [4.69, 9.17) is 39.2 Å². The molecule has 24 heavy (non-hydrogen) atoms. The lowest BCUT2D eigenvalue weighted by molar-refractivity contribution is 0.0997. The van der Waals surface area contributed by atoms with E-state index >= 15 is 0 Å². The van der Waals surface area contributed by atoms with E-state index in [0.717, 1.165) is 0 Å². The average Bonchev–Trinajstić information content (AvgIpc) is 3.03. The second-order valence-electron chi connectivity index (χ2n) is 4.87. The maximum absolute atomic E-state index is 13.2. The average molecular weight is 385 g/mol. The minimum absolute atomic E-state index is 0.0272. The molecule has 0 saturated heterocycles. The number of benzene rings is 2. The van der Waals surface area contributed by atoms with Crippen molar-refractivity contribution in [1.29, 1.82) is 0 Å². The molecule has 3 aromatic rings. The van der Waals surface area contributed by atoms with Crippen LogP contribution < -0.4 is 5.32 Å². The Balaban J connectivity index is 1.83. The molecule has 0 atom stereocenters. The van der Waals surface area contributed by atoms with Crippen LogP contribution in [0.2, 0.25) is 15.1 Å². The van der Waals surface area contributed by atoms with Gasteiger partial charge in [0.25, 0.3) is 5.91 Å². The Morgan fingerprint density at radius 3 is 2.50 bits per heavy atom. The lowest BCUT2D eigenvalue weighted by atomic mass is 10.2. The first-order valence-corrected chi connectivity index (χ1v) is 7.89. The van der Waals surface area contributed by atoms with Crippen LogP contribution >= 0.6 is 34.8 Å². The van der Waals surface area contributed by atoms with Crippen molar-refractivity contribution in [1.82, 2.24) is 0 Å². The summed E-state index contributed by atoms with van der Waals surface area (Å²) in [6.07, 6.45) is 0. The Hall–Kier alpha value is -2.01. The molecule has 0 saturated carbocycles. The number of nitrogens with one attached hydrogen (secondary N) is 1. The van der Waals surface area contributed by atoms with Crippen LogP contribution in [0.15, 0.2) is 52.9 Å². The van der Waals surface area contributed by atoms with Crippen LogP contribution in [0.4, 0.5) is 10.1 Å². The fraction of sp³-hybridized carbons (Fsp3) is 0. The molecule has 3 rings (SSSR count). The van der Waals surface area contributed by atoms with Crippen molar-refractivity contribution in [3.05, 3.63) is 75.2 Å². The van der Waals surface area contributed by atoms with Gasteiger partial charge in [-0.3, -0.25) is 4.79 Å². The van der Waals surface area contributed by atoms with E-state index in [0.29, 0.717) is 27.1 Å². The van der Waals surface area contributed by atoms with Crippen molar-refractivity contribution in [3.8, 4) is 11.3 Å². The van der Waals surface area contributed by atoms with Crippen molar-refractivity contribution in [2.75, 3.05) is 5.32 Å². The van der Waals surface area contributed by atoms with E-state index in [1.165, 1.54) is 30.3 Å². The lowest BCUT2D eigenvalue weighted by Crippen LogP contribution is -2.11. The number of carbonyl (C=O) groups is 1. The predicted molar refractivity (Wildman–Crippen MR) is 93.5 cm³/mol. The number of rotatable bonds is 3. The lowest BCUT2D eigenvalue weighted by Gasteiger charge is -2.06. The van der Waals surface area contributed by atoms with Gasteiger partial charge in [-0.05, 0) is 48.5 Å². The highest BCUT2D eigenvalue weighted by atomic mass is 35.5. The normalized spacial score (nSPS) is 10.7. The summed E-state index contributed by atoms with van der Waals surface area (Å²) in [5, 5.41) is 3.38. The summed E-state index contributed by atoms with van der Waals surface area (Å²) in [6, 6.07) is 12.0. The molecule has 0 aliphatic carbocycles. The first-order chi connectivity index (χ1) is 11.4. The zero-order valence-corrected chi connectivity index (χ0v) is 14.2. The number of hydrogen-bond donors (Lipinski definition) is 1. The van der Waals surface area contributed by atoms with Crippen LogP contribution in [-0.4, -0.2) is 5.91 Å². The first kappa shape index (κ1) is 16.8. The van der Waals surface area contributed by atoms with E-state index < -0.39 is 11.7 Å². The fourth-order valence-corrected chi connectivity index (χ4v) is 2.56. The zero-order chi connectivity index (χ0) is 17.3. The van der Waals surface area contributed by atoms with E-state index in [1.54, 1.807) is 18.2 Å². The first-order valence-electron chi connectivity index (χ1n) is 6.76. The van der Waals surface area contributed by atoms with Crippen LogP contribution in [-0.2, 0) is 0 Å². The van der Waals surface area contributed by atoms with Gasteiger partial charge in [-0.15, -0.1) is 0 Å². The number of halogens is 4. The monoisotopic (exact) mass is 383 g/mol. The van der Waals surface area contributed by atoms with Gasteiger partial charge in [-0.25, -0.2) is 4.39 Å². The third kappa shape index (κ3) is 3.56. The molecule has 1 heterocycles. The molecule has 1 amide bonds. The van der Waals surface area contributed by atoms with Crippen molar-refractivity contribution in [2.45, 2.75) is 0 Å². The summed E-state index contributed by atoms with van der Waals surface area (Å²) in [7, 11) is 0. The summed E-state index contributed by atoms with van der Waals surface area (Å²) in [6.45, 7) is 0. The van der Waals surface area contributed by atoms with E-state index in [2.05, 4.69) is 5.32 Å². The molecular formula is C17H9Cl3FNO2. The molecule has 122 valence electrons. The molecule has 0 fully saturated rings. The number of hydrogen-bond acceptors (Lipinski definition) is 2. The van der Waals surface area contributed by atoms with Crippen LogP contribution in [0, 0.1) is 5.82 Å². The van der Waals surface area contributed by atoms with Crippen molar-refractivity contribution in [2.24, 2.45) is 0 Å². The van der Waals surface area contributed by atoms with Gasteiger partial charge >= 0.3 is 0 Å². The summed E-state index contributed by atoms with van der Waals surface area (Å²) in [5.41, 5.74) is 0.929. The highest BCUT2D eigenvalue weighted by molar-refractivity contribution is 6.35. The molecule has 0 aliphatic rings. The summed E-state index contributed by atoms with van der Waals surface area (Å²) >= 11 is 17.6. The minimum Gasteiger partial charge on any atom is -0.451 e. The molecular weight excluding hydrogens is 376 g/mol. The smallest absolute Gasteiger partial charge is 0.291 e. The largest absolute Gasteiger partial charge is 0.451 e. The van der Waals surface area contributed by atoms with Crippen LogP contribution in [0.25, 0.3) is 11.3 Å². The Morgan fingerprint density at radius 1 is 0.958 bits per heavy atom. The molecule has 1 N–H and O–H groups in total. The SMILES string of the molecule is O=C(Nc1cc(Cl)ccc1Cl)c1ccc(-c2ccc(F)c(Cl)c2)o1. The minimum atomic E-state index is -0.527. The standard InChI is InChI=1S/C17H9Cl3FNO2/c18-10-2-3-11(19)14(8-10)22-17(23)16-6-5-15(24-16)9-1-4-13(21)12(20)7-9/h1-8H,(H,22,23). The van der Waals surface area contributed by atoms with E-state index in [9.17, 15) is 9.18 Å². The van der Waals surface area contributed by atoms with Crippen molar-refractivity contribution >= 4 is 46.4 Å². The topological polar surface area (TPSA) is 42.2 Å². The van der Waals surface area contributed by atoms with Crippen LogP contribution in [0.1, 0.15) is 10.6 Å². The van der Waals surface area contributed by atoms with Gasteiger partial charge < -0.3 is 9.73 Å². The number of anilines is 1. The Bertz CT molecular complexity index is 924. The second kappa shape index (κ2) is 6.85. The van der Waals surface area contributed by atoms with Crippen molar-refractivity contribution in [3.63, 3.8) is 0 Å². The van der Waals surface area contributed by atoms with Gasteiger partial charge in [0, 0.05) is 10.6 Å². The van der Waals surface area contributed by atoms with Crippen LogP contribution in [0.3, 0.4) is 0 Å². The van der Waals surface area contributed by atoms with Gasteiger partial charge in [-0.1, -0.05) is 34.8 Å². The molecule has 1 aromatic heterocycles. The molecule has 0 spiro atoms. The molecule has 0 radical (unpaired) electrons. The quantitative estimate of drug-likeness (QED) is 0.576. The highest BCUT2D eigenvalue weighted by Crippen LogP contribution is 2.28. The van der Waals surface area contributed by atoms with E-state index in [1.807, 2.05) is 0 Å². The van der Waals surface area contributed by atoms with Crippen molar-refractivity contribution < 1.29 is 13.6 Å². The van der Waals surface area contributed by atoms with Gasteiger partial charge in [0.05, 0.1) is 15.7 Å². The third-order valence-electron chi connectivity index (χ3n) is 3.21. The van der Waals surface area contributed by atoms with Gasteiger partial charge in [0.15, 0.2) is 5.76 Å². The Morgan fingerprint density at radius 2 is 1.75 bits per heavy atom. The van der Waals surface area contributed by atoms with Crippen LogP contribution in [0.5, 0.6) is 0 Å². The zero-order valence-electron chi connectivity index (χ0n) is 11.9. The van der Waals surface area contributed by atoms with Gasteiger partial charge in [-0.2, -0.15) is 0 Å². The fourth-order valence-electron chi connectivity index (χ4n) is 2.04. The Kier molecular flexibility index (Phi) is 4.81. The molecule has 0 unspecified atom stereocenters. The molecule has 7 heteroatoms. The highest BCUT2D eigenvalue weighted by Gasteiger charge is 2.15. The van der Waals surface area contributed by atoms with Gasteiger partial charge in [0.1, 0.15) is 11.6 Å². The number of furan rings is 1. The maximum Gasteiger partial charge on any atom is 0.291 e. The molecule has 3 nitrogen and oxygen atoms in total. The third-order valence-corrected chi connectivity index (χ3v) is 4.06. The number of amides is 1. The molecule has 2 aromatic carbocycles. The predicted octanol–water partition coefficient (Wildman–Crippen LogP) is 6.30. The summed E-state index contributed by atoms with van der Waals surface area (Å²) in [4.78, 5) is 12.3.